The maximum Gasteiger partial charge on any atom is 0.274 e. The van der Waals surface area contributed by atoms with Crippen LogP contribution in [0, 0.1) is 5.92 Å². The van der Waals surface area contributed by atoms with E-state index in [2.05, 4.69) is 30.3 Å². The van der Waals surface area contributed by atoms with E-state index in [1.165, 1.54) is 5.57 Å². The summed E-state index contributed by atoms with van der Waals surface area (Å²) in [4.78, 5) is 13.8. The first-order chi connectivity index (χ1) is 18.6. The molecular weight excluding hydrogens is 476 g/mol. The summed E-state index contributed by atoms with van der Waals surface area (Å²) in [6, 6.07) is 23.3. The molecule has 2 atom stereocenters. The van der Waals surface area contributed by atoms with E-state index in [1.54, 1.807) is 24.3 Å². The van der Waals surface area contributed by atoms with E-state index >= 15 is 0 Å². The van der Waals surface area contributed by atoms with Crippen molar-refractivity contribution in [3.05, 3.63) is 95.1 Å². The number of rotatable bonds is 8. The lowest BCUT2D eigenvalue weighted by Crippen LogP contribution is -2.31. The van der Waals surface area contributed by atoms with Gasteiger partial charge in [-0.05, 0) is 104 Å². The summed E-state index contributed by atoms with van der Waals surface area (Å²) in [5, 5.41) is 6.70. The molecule has 0 saturated heterocycles. The van der Waals surface area contributed by atoms with Crippen molar-refractivity contribution in [3.8, 4) is 17.2 Å². The summed E-state index contributed by atoms with van der Waals surface area (Å²) < 4.78 is 16.5. The van der Waals surface area contributed by atoms with Crippen molar-refractivity contribution in [3.63, 3.8) is 0 Å². The molecule has 1 aliphatic carbocycles. The number of fused-ring (bicyclic) bond motifs is 1. The molecule has 1 aliphatic heterocycles. The van der Waals surface area contributed by atoms with Crippen LogP contribution in [0.25, 0.3) is 6.08 Å². The second-order valence-corrected chi connectivity index (χ2v) is 9.48. The number of nitrogens with zero attached hydrogens (tertiary/aromatic N) is 2. The van der Waals surface area contributed by atoms with E-state index in [9.17, 15) is 4.79 Å². The highest BCUT2D eigenvalue weighted by Gasteiger charge is 2.44. The molecule has 6 heteroatoms. The van der Waals surface area contributed by atoms with Gasteiger partial charge in [-0.15, -0.1) is 0 Å². The van der Waals surface area contributed by atoms with Crippen LogP contribution in [0.5, 0.6) is 17.2 Å². The lowest BCUT2D eigenvalue weighted by molar-refractivity contribution is 0.0681. The normalized spacial score (nSPS) is 19.6. The number of hydrogen-bond donors (Lipinski definition) is 0. The smallest absolute Gasteiger partial charge is 0.274 e. The summed E-state index contributed by atoms with van der Waals surface area (Å²) in [5.41, 5.74) is 4.93. The Bertz CT molecular complexity index is 1310. The molecule has 6 nitrogen and oxygen atoms in total. The minimum absolute atomic E-state index is 0.117. The number of carbonyl (C=O) groups excluding carboxylic acids is 1. The van der Waals surface area contributed by atoms with Gasteiger partial charge < -0.3 is 14.2 Å². The summed E-state index contributed by atoms with van der Waals surface area (Å²) in [6.07, 6.45) is 5.16. The third kappa shape index (κ3) is 5.30. The number of carbonyl (C=O) groups is 1. The monoisotopic (exact) mass is 510 g/mol. The van der Waals surface area contributed by atoms with Crippen molar-refractivity contribution < 1.29 is 19.0 Å². The Morgan fingerprint density at radius 2 is 1.50 bits per heavy atom. The van der Waals surface area contributed by atoms with Gasteiger partial charge in [-0.3, -0.25) is 4.79 Å². The van der Waals surface area contributed by atoms with E-state index in [-0.39, 0.29) is 17.9 Å². The van der Waals surface area contributed by atoms with Gasteiger partial charge in [-0.1, -0.05) is 24.3 Å². The predicted molar refractivity (Wildman–Crippen MR) is 150 cm³/mol. The number of ether oxygens (including phenoxy) is 3. The average Bonchev–Trinajstić information content (AvgIpc) is 3.35. The van der Waals surface area contributed by atoms with Crippen LogP contribution in [0.1, 0.15) is 60.6 Å². The first-order valence-corrected chi connectivity index (χ1v) is 13.3. The Balaban J connectivity index is 1.51. The molecule has 0 radical (unpaired) electrons. The van der Waals surface area contributed by atoms with Crippen molar-refractivity contribution in [1.82, 2.24) is 5.01 Å². The molecule has 0 aromatic heterocycles. The molecule has 196 valence electrons. The van der Waals surface area contributed by atoms with Crippen molar-refractivity contribution in [2.24, 2.45) is 11.0 Å². The molecule has 3 aromatic rings. The van der Waals surface area contributed by atoms with Crippen LogP contribution in [0.3, 0.4) is 0 Å². The zero-order valence-electron chi connectivity index (χ0n) is 22.2. The lowest BCUT2D eigenvalue weighted by atomic mass is 9.77. The minimum Gasteiger partial charge on any atom is -0.497 e. The van der Waals surface area contributed by atoms with Gasteiger partial charge in [0.1, 0.15) is 17.2 Å². The zero-order valence-corrected chi connectivity index (χ0v) is 22.2. The molecule has 1 saturated carbocycles. The zero-order chi connectivity index (χ0) is 26.5. The maximum absolute atomic E-state index is 13.8. The van der Waals surface area contributed by atoms with Gasteiger partial charge >= 0.3 is 0 Å². The second-order valence-electron chi connectivity index (χ2n) is 9.48. The second kappa shape index (κ2) is 11.5. The molecule has 0 spiro atoms. The Kier molecular flexibility index (Phi) is 7.78. The molecule has 1 fully saturated rings. The third-order valence-electron chi connectivity index (χ3n) is 7.11. The first kappa shape index (κ1) is 25.6. The maximum atomic E-state index is 13.8. The highest BCUT2D eigenvalue weighted by Crippen LogP contribution is 2.45. The quantitative estimate of drug-likeness (QED) is 0.330. The van der Waals surface area contributed by atoms with Crippen LogP contribution in [-0.4, -0.2) is 37.0 Å². The van der Waals surface area contributed by atoms with Crippen molar-refractivity contribution in [2.45, 2.75) is 39.2 Å². The number of hydrogen-bond acceptors (Lipinski definition) is 5. The van der Waals surface area contributed by atoms with Crippen LogP contribution in [0.15, 0.2) is 83.5 Å². The first-order valence-electron chi connectivity index (χ1n) is 13.3. The minimum atomic E-state index is -0.181. The molecule has 0 unspecified atom stereocenters. The largest absolute Gasteiger partial charge is 0.497 e. The van der Waals surface area contributed by atoms with Crippen LogP contribution in [-0.2, 0) is 0 Å². The number of allylic oxidation sites excluding steroid dienone is 1. The molecular formula is C32H34N2O4. The predicted octanol–water partition coefficient (Wildman–Crippen LogP) is 6.93. The van der Waals surface area contributed by atoms with Crippen molar-refractivity contribution in [2.75, 3.05) is 20.3 Å². The van der Waals surface area contributed by atoms with Gasteiger partial charge in [0, 0.05) is 11.5 Å². The summed E-state index contributed by atoms with van der Waals surface area (Å²) in [7, 11) is 1.62. The molecule has 5 rings (SSSR count). The molecule has 38 heavy (non-hydrogen) atoms. The Morgan fingerprint density at radius 3 is 2.11 bits per heavy atom. The average molecular weight is 511 g/mol. The summed E-state index contributed by atoms with van der Waals surface area (Å²) in [6.45, 7) is 5.21. The number of hydrazone groups is 1. The number of benzene rings is 3. The van der Waals surface area contributed by atoms with E-state index in [1.807, 2.05) is 50.2 Å². The van der Waals surface area contributed by atoms with Gasteiger partial charge in [0.2, 0.25) is 0 Å². The van der Waals surface area contributed by atoms with Crippen LogP contribution in [0.2, 0.25) is 0 Å². The highest BCUT2D eigenvalue weighted by molar-refractivity contribution is 6.09. The molecule has 0 bridgehead atoms. The molecule has 1 heterocycles. The van der Waals surface area contributed by atoms with E-state index < -0.39 is 0 Å². The van der Waals surface area contributed by atoms with Gasteiger partial charge in [0.25, 0.3) is 5.91 Å². The fourth-order valence-corrected chi connectivity index (χ4v) is 5.32. The summed E-state index contributed by atoms with van der Waals surface area (Å²) >= 11 is 0. The number of methoxy groups -OCH3 is 1. The molecule has 0 N–H and O–H groups in total. The van der Waals surface area contributed by atoms with E-state index in [0.29, 0.717) is 24.5 Å². The van der Waals surface area contributed by atoms with Gasteiger partial charge in [-0.2, -0.15) is 5.10 Å². The Morgan fingerprint density at radius 1 is 0.895 bits per heavy atom. The van der Waals surface area contributed by atoms with E-state index in [0.717, 1.165) is 47.6 Å². The lowest BCUT2D eigenvalue weighted by Gasteiger charge is -2.30. The SMILES string of the molecule is CCOc1ccc(/C=C2/CCC[C@@H]3C2=NN(C(=O)c2ccc(OC)cc2)[C@@H]3c2ccc(OCC)cc2)cc1. The third-order valence-corrected chi connectivity index (χ3v) is 7.11. The highest BCUT2D eigenvalue weighted by atomic mass is 16.5. The van der Waals surface area contributed by atoms with Gasteiger partial charge in [-0.25, -0.2) is 5.01 Å². The standard InChI is InChI=1S/C32H34N2O4/c1-4-37-27-15-9-22(10-16-27)21-25-7-6-8-29-30(25)33-34(32(35)24-13-17-26(36-3)18-14-24)31(29)23-11-19-28(20-12-23)38-5-2/h9-21,29,31H,4-8H2,1-3H3/b25-21-/t29-,31-/m1/s1. The fourth-order valence-electron chi connectivity index (χ4n) is 5.32. The molecule has 2 aliphatic rings. The fraction of sp³-hybridized carbons (Fsp3) is 0.312. The summed E-state index contributed by atoms with van der Waals surface area (Å²) in [5.74, 6) is 2.41. The van der Waals surface area contributed by atoms with Crippen LogP contribution >= 0.6 is 0 Å². The van der Waals surface area contributed by atoms with Gasteiger partial charge in [0.15, 0.2) is 0 Å². The van der Waals surface area contributed by atoms with Crippen LogP contribution in [0.4, 0.5) is 0 Å². The molecule has 3 aromatic carbocycles. The van der Waals surface area contributed by atoms with E-state index in [4.69, 9.17) is 19.3 Å². The van der Waals surface area contributed by atoms with Gasteiger partial charge in [0.05, 0.1) is 32.1 Å². The van der Waals surface area contributed by atoms with Crippen molar-refractivity contribution in [1.29, 1.82) is 0 Å². The number of amides is 1. The van der Waals surface area contributed by atoms with Crippen molar-refractivity contribution >= 4 is 17.7 Å². The van der Waals surface area contributed by atoms with Crippen LogP contribution < -0.4 is 14.2 Å². The Hall–Kier alpha value is -4.06. The Labute approximate surface area is 224 Å². The topological polar surface area (TPSA) is 60.4 Å². The molecule has 1 amide bonds.